The van der Waals surface area contributed by atoms with Gasteiger partial charge in [0.05, 0.1) is 17.0 Å². The van der Waals surface area contributed by atoms with E-state index in [-0.39, 0.29) is 19.4 Å². The largest absolute Gasteiger partial charge is 0.479 e. The van der Waals surface area contributed by atoms with Crippen LogP contribution in [0.1, 0.15) is 54.3 Å². The van der Waals surface area contributed by atoms with Gasteiger partial charge in [0.1, 0.15) is 5.60 Å². The second-order valence-corrected chi connectivity index (χ2v) is 7.49. The monoisotopic (exact) mass is 406 g/mol. The Labute approximate surface area is 167 Å². The Balaban J connectivity index is 1.92. The number of carbonyl (C=O) groups is 4. The number of carboxylic acids is 1. The summed E-state index contributed by atoms with van der Waals surface area (Å²) < 4.78 is 19.1. The SMILES string of the molecule is CC(C)(C)OC(=O)N[C@@H](/C=C(/F)CCCN1C(=O)c2ccccc2C1=O)C(=O)O. The first-order valence-corrected chi connectivity index (χ1v) is 9.03. The molecule has 0 unspecified atom stereocenters. The van der Waals surface area contributed by atoms with Crippen molar-refractivity contribution in [2.75, 3.05) is 6.54 Å². The molecule has 0 fully saturated rings. The summed E-state index contributed by atoms with van der Waals surface area (Å²) in [6.45, 7) is 4.82. The number of alkyl carbamates (subject to hydrolysis) is 1. The zero-order valence-corrected chi connectivity index (χ0v) is 16.4. The number of halogens is 1. The number of benzene rings is 1. The molecule has 1 aromatic carbocycles. The number of hydrogen-bond donors (Lipinski definition) is 2. The highest BCUT2D eigenvalue weighted by atomic mass is 19.1. The molecule has 0 saturated heterocycles. The molecule has 2 rings (SSSR count). The Kier molecular flexibility index (Phi) is 6.73. The maximum absolute atomic E-state index is 14.2. The molecule has 0 spiro atoms. The number of hydrogen-bond acceptors (Lipinski definition) is 5. The van der Waals surface area contributed by atoms with Crippen LogP contribution in [0.15, 0.2) is 36.2 Å². The normalized spacial score (nSPS) is 15.2. The third-order valence-electron chi connectivity index (χ3n) is 3.96. The lowest BCUT2D eigenvalue weighted by atomic mass is 10.1. The number of carboxylic acid groups (broad SMARTS) is 1. The summed E-state index contributed by atoms with van der Waals surface area (Å²) >= 11 is 0. The van der Waals surface area contributed by atoms with E-state index >= 15 is 0 Å². The van der Waals surface area contributed by atoms with Gasteiger partial charge >= 0.3 is 12.1 Å². The summed E-state index contributed by atoms with van der Waals surface area (Å²) in [7, 11) is 0. The first-order chi connectivity index (χ1) is 13.5. The Morgan fingerprint density at radius 2 is 1.76 bits per heavy atom. The summed E-state index contributed by atoms with van der Waals surface area (Å²) in [6, 6.07) is 4.80. The van der Waals surface area contributed by atoms with Gasteiger partial charge in [-0.05, 0) is 45.4 Å². The summed E-state index contributed by atoms with van der Waals surface area (Å²) in [5.74, 6) is -3.12. The van der Waals surface area contributed by atoms with E-state index in [1.807, 2.05) is 0 Å². The average Bonchev–Trinajstić information content (AvgIpc) is 2.84. The van der Waals surface area contributed by atoms with Crippen molar-refractivity contribution in [3.05, 3.63) is 47.3 Å². The summed E-state index contributed by atoms with van der Waals surface area (Å²) in [4.78, 5) is 48.5. The van der Waals surface area contributed by atoms with E-state index in [4.69, 9.17) is 9.84 Å². The molecule has 1 heterocycles. The molecule has 0 aliphatic carbocycles. The maximum atomic E-state index is 14.2. The van der Waals surface area contributed by atoms with Crippen LogP contribution in [0.5, 0.6) is 0 Å². The van der Waals surface area contributed by atoms with Crippen molar-refractivity contribution in [2.45, 2.75) is 45.3 Å². The highest BCUT2D eigenvalue weighted by molar-refractivity contribution is 6.21. The number of carbonyl (C=O) groups excluding carboxylic acids is 3. The van der Waals surface area contributed by atoms with Gasteiger partial charge in [0.15, 0.2) is 6.04 Å². The Bertz CT molecular complexity index is 824. The molecule has 8 nitrogen and oxygen atoms in total. The first kappa shape index (κ1) is 22.1. The van der Waals surface area contributed by atoms with Gasteiger partial charge in [0.25, 0.3) is 11.8 Å². The van der Waals surface area contributed by atoms with Crippen LogP contribution in [0.2, 0.25) is 0 Å². The zero-order valence-electron chi connectivity index (χ0n) is 16.4. The number of aliphatic carboxylic acids is 1. The molecular weight excluding hydrogens is 383 g/mol. The van der Waals surface area contributed by atoms with E-state index in [0.29, 0.717) is 11.1 Å². The van der Waals surface area contributed by atoms with E-state index in [0.717, 1.165) is 11.0 Å². The van der Waals surface area contributed by atoms with Crippen molar-refractivity contribution in [1.29, 1.82) is 0 Å². The van der Waals surface area contributed by atoms with Crippen molar-refractivity contribution in [3.63, 3.8) is 0 Å². The highest BCUT2D eigenvalue weighted by Gasteiger charge is 2.34. The number of rotatable bonds is 7. The maximum Gasteiger partial charge on any atom is 0.408 e. The third kappa shape index (κ3) is 5.87. The lowest BCUT2D eigenvalue weighted by molar-refractivity contribution is -0.138. The second kappa shape index (κ2) is 8.85. The minimum atomic E-state index is -1.61. The fraction of sp³-hybridized carbons (Fsp3) is 0.400. The van der Waals surface area contributed by atoms with Crippen LogP contribution in [0.3, 0.4) is 0 Å². The van der Waals surface area contributed by atoms with Gasteiger partial charge in [-0.25, -0.2) is 14.0 Å². The van der Waals surface area contributed by atoms with E-state index in [9.17, 15) is 23.6 Å². The van der Waals surface area contributed by atoms with E-state index in [1.165, 1.54) is 0 Å². The Hall–Kier alpha value is -3.23. The standard InChI is InChI=1S/C20H23FN2O6/c1-20(2,3)29-19(28)22-15(18(26)27)11-12(21)7-6-10-23-16(24)13-8-4-5-9-14(13)17(23)25/h4-5,8-9,11,15H,6-7,10H2,1-3H3,(H,22,28)(H,26,27)/b12-11+/t15-/m0/s1. The van der Waals surface area contributed by atoms with Crippen LogP contribution in [0.4, 0.5) is 9.18 Å². The van der Waals surface area contributed by atoms with Crippen LogP contribution < -0.4 is 5.32 Å². The molecule has 0 radical (unpaired) electrons. The summed E-state index contributed by atoms with van der Waals surface area (Å²) in [5, 5.41) is 11.2. The van der Waals surface area contributed by atoms with Crippen LogP contribution in [0.25, 0.3) is 0 Å². The molecule has 2 N–H and O–H groups in total. The van der Waals surface area contributed by atoms with Crippen molar-refractivity contribution >= 4 is 23.9 Å². The number of nitrogens with one attached hydrogen (secondary N) is 1. The molecule has 9 heteroatoms. The van der Waals surface area contributed by atoms with E-state index < -0.39 is 41.3 Å². The van der Waals surface area contributed by atoms with Gasteiger partial charge < -0.3 is 15.2 Å². The van der Waals surface area contributed by atoms with E-state index in [2.05, 4.69) is 5.32 Å². The molecule has 0 bridgehead atoms. The quantitative estimate of drug-likeness (QED) is 0.673. The minimum Gasteiger partial charge on any atom is -0.479 e. The Morgan fingerprint density at radius 1 is 1.21 bits per heavy atom. The van der Waals surface area contributed by atoms with E-state index in [1.54, 1.807) is 45.0 Å². The second-order valence-electron chi connectivity index (χ2n) is 7.49. The first-order valence-electron chi connectivity index (χ1n) is 9.03. The Morgan fingerprint density at radius 3 is 2.24 bits per heavy atom. The van der Waals surface area contributed by atoms with Gasteiger partial charge in [-0.1, -0.05) is 12.1 Å². The summed E-state index contributed by atoms with van der Waals surface area (Å²) in [6.07, 6.45) is -0.325. The molecular formula is C20H23FN2O6. The van der Waals surface area contributed by atoms with Crippen LogP contribution in [-0.4, -0.2) is 52.1 Å². The molecule has 0 aromatic heterocycles. The fourth-order valence-corrected chi connectivity index (χ4v) is 2.72. The van der Waals surface area contributed by atoms with Crippen LogP contribution in [-0.2, 0) is 9.53 Å². The lowest BCUT2D eigenvalue weighted by Crippen LogP contribution is -2.42. The predicted molar refractivity (Wildman–Crippen MR) is 101 cm³/mol. The number of imide groups is 1. The van der Waals surface area contributed by atoms with Gasteiger partial charge in [-0.2, -0.15) is 0 Å². The number of nitrogens with zero attached hydrogens (tertiary/aromatic N) is 1. The lowest BCUT2D eigenvalue weighted by Gasteiger charge is -2.21. The molecule has 1 aliphatic rings. The van der Waals surface area contributed by atoms with Crippen molar-refractivity contribution < 1.29 is 33.4 Å². The molecule has 156 valence electrons. The van der Waals surface area contributed by atoms with Crippen molar-refractivity contribution in [1.82, 2.24) is 10.2 Å². The van der Waals surface area contributed by atoms with Gasteiger partial charge in [0, 0.05) is 13.0 Å². The summed E-state index contributed by atoms with van der Waals surface area (Å²) in [5.41, 5.74) is -0.219. The third-order valence-corrected chi connectivity index (χ3v) is 3.96. The molecule has 0 saturated carbocycles. The zero-order chi connectivity index (χ0) is 21.8. The minimum absolute atomic E-state index is 0.00909. The molecule has 1 aliphatic heterocycles. The van der Waals surface area contributed by atoms with Crippen LogP contribution >= 0.6 is 0 Å². The number of fused-ring (bicyclic) bond motifs is 1. The number of ether oxygens (including phenoxy) is 1. The van der Waals surface area contributed by atoms with Crippen molar-refractivity contribution in [2.24, 2.45) is 0 Å². The molecule has 29 heavy (non-hydrogen) atoms. The van der Waals surface area contributed by atoms with Gasteiger partial charge in [-0.3, -0.25) is 14.5 Å². The molecule has 1 atom stereocenters. The topological polar surface area (TPSA) is 113 Å². The predicted octanol–water partition coefficient (Wildman–Crippen LogP) is 2.89. The van der Waals surface area contributed by atoms with Crippen LogP contribution in [0, 0.1) is 0 Å². The van der Waals surface area contributed by atoms with Gasteiger partial charge in [-0.15, -0.1) is 0 Å². The van der Waals surface area contributed by atoms with Crippen molar-refractivity contribution in [3.8, 4) is 0 Å². The molecule has 3 amide bonds. The van der Waals surface area contributed by atoms with Gasteiger partial charge in [0.2, 0.25) is 0 Å². The number of allylic oxidation sites excluding steroid dienone is 1. The number of amides is 3. The fourth-order valence-electron chi connectivity index (χ4n) is 2.72. The highest BCUT2D eigenvalue weighted by Crippen LogP contribution is 2.23. The molecule has 1 aromatic rings. The average molecular weight is 406 g/mol. The smallest absolute Gasteiger partial charge is 0.408 e.